The van der Waals surface area contributed by atoms with Crippen LogP contribution in [0.4, 0.5) is 0 Å². The third-order valence-electron chi connectivity index (χ3n) is 8.13. The molecule has 3 aliphatic carbocycles. The Balaban J connectivity index is 0.000000173. The van der Waals surface area contributed by atoms with E-state index in [1.165, 1.54) is 96.5 Å². The van der Waals surface area contributed by atoms with Gasteiger partial charge in [-0.15, -0.1) is 40.1 Å². The number of hydrogen-bond donors (Lipinski definition) is 0. The van der Waals surface area contributed by atoms with E-state index >= 15 is 0 Å². The summed E-state index contributed by atoms with van der Waals surface area (Å²) in [5.74, 6) is 2.18. The molecule has 0 radical (unpaired) electrons. The first kappa shape index (κ1) is 31.1. The molecule has 0 atom stereocenters. The number of hydrogen-bond acceptors (Lipinski definition) is 0. The topological polar surface area (TPSA) is 0 Å². The maximum Gasteiger partial charge on any atom is -0.0520 e. The fraction of sp³-hybridized carbons (Fsp3) is 0.371. The van der Waals surface area contributed by atoms with Crippen LogP contribution < -0.4 is 24.8 Å². The molecule has 4 aromatic rings. The molecule has 0 bridgehead atoms. The van der Waals surface area contributed by atoms with Gasteiger partial charge in [0.25, 0.3) is 0 Å². The molecule has 0 saturated heterocycles. The maximum atomic E-state index is 2.99. The van der Waals surface area contributed by atoms with Gasteiger partial charge in [0.2, 0.25) is 0 Å². The van der Waals surface area contributed by atoms with Crippen LogP contribution in [0.2, 0.25) is 0 Å². The van der Waals surface area contributed by atoms with Crippen LogP contribution in [0.1, 0.15) is 70.6 Å². The fourth-order valence-corrected chi connectivity index (χ4v) is 7.68. The molecule has 0 aromatic heterocycles. The normalized spacial score (nSPS) is 16.6. The van der Waals surface area contributed by atoms with Crippen molar-refractivity contribution in [2.45, 2.75) is 70.6 Å². The molecule has 0 amide bonds. The van der Waals surface area contributed by atoms with Crippen LogP contribution in [0.3, 0.4) is 0 Å². The van der Waals surface area contributed by atoms with Gasteiger partial charge in [-0.05, 0) is 0 Å². The Labute approximate surface area is 256 Å². The predicted molar refractivity (Wildman–Crippen MR) is 154 cm³/mol. The van der Waals surface area contributed by atoms with Crippen molar-refractivity contribution in [3.8, 4) is 0 Å². The number of benzene rings is 3. The van der Waals surface area contributed by atoms with Gasteiger partial charge in [0, 0.05) is 0 Å². The zero-order valence-electron chi connectivity index (χ0n) is 22.3. The van der Waals surface area contributed by atoms with Gasteiger partial charge < -0.3 is 24.8 Å². The Bertz CT molecular complexity index is 1320. The smallest absolute Gasteiger partial charge is 0.0520 e. The Morgan fingerprint density at radius 2 is 1.34 bits per heavy atom. The molecular formula is C35H38Cl2Zr-2. The second-order valence-electron chi connectivity index (χ2n) is 10.8. The van der Waals surface area contributed by atoms with Gasteiger partial charge in [0.1, 0.15) is 0 Å². The largest absolute Gasteiger partial charge is 0.126 e. The molecule has 38 heavy (non-hydrogen) atoms. The molecule has 4 aromatic carbocycles. The van der Waals surface area contributed by atoms with E-state index in [0.717, 1.165) is 18.3 Å². The quantitative estimate of drug-likeness (QED) is 0.302. The minimum absolute atomic E-state index is 0. The van der Waals surface area contributed by atoms with Gasteiger partial charge in [-0.1, -0.05) is 65.4 Å². The summed E-state index contributed by atoms with van der Waals surface area (Å²) in [6.45, 7) is 0. The Kier molecular flexibility index (Phi) is 13.1. The summed E-state index contributed by atoms with van der Waals surface area (Å²) in [6.07, 6.45) is 25.2. The van der Waals surface area contributed by atoms with E-state index < -0.39 is 0 Å². The Hall–Kier alpha value is -1.40. The van der Waals surface area contributed by atoms with E-state index in [1.54, 1.807) is 24.2 Å². The average molecular weight is 621 g/mol. The van der Waals surface area contributed by atoms with E-state index in [0.29, 0.717) is 0 Å². The SMILES string of the molecule is [C-]1=CC=CC1.[Cl-].[Cl-].[Zr+2]=[C](CC1CCCC1)CC1CCCC1.c1ccc2c(c1)ccc1c3ccccc3[cH-]c21. The summed E-state index contributed by atoms with van der Waals surface area (Å²) in [5.41, 5.74) is 0. The summed E-state index contributed by atoms with van der Waals surface area (Å²) in [5, 5.41) is 8.08. The average Bonchev–Trinajstić information content (AvgIpc) is 3.73. The van der Waals surface area contributed by atoms with Gasteiger partial charge in [0.05, 0.1) is 0 Å². The van der Waals surface area contributed by atoms with Gasteiger partial charge in [0.15, 0.2) is 0 Å². The Morgan fingerprint density at radius 1 is 0.737 bits per heavy atom. The van der Waals surface area contributed by atoms with Gasteiger partial charge in [-0.2, -0.15) is 6.08 Å². The van der Waals surface area contributed by atoms with Crippen molar-refractivity contribution in [3.63, 3.8) is 0 Å². The summed E-state index contributed by atoms with van der Waals surface area (Å²) < 4.78 is 1.90. The molecule has 3 heteroatoms. The molecule has 0 unspecified atom stereocenters. The first-order chi connectivity index (χ1) is 17.8. The van der Waals surface area contributed by atoms with Gasteiger partial charge in [-0.25, -0.2) is 12.2 Å². The van der Waals surface area contributed by atoms with Gasteiger partial charge in [-0.3, -0.25) is 6.08 Å². The summed E-state index contributed by atoms with van der Waals surface area (Å²) >= 11 is 1.74. The fourth-order valence-electron chi connectivity index (χ4n) is 6.26. The van der Waals surface area contributed by atoms with Crippen LogP contribution in [0, 0.1) is 17.9 Å². The molecule has 2 fully saturated rings. The molecule has 0 nitrogen and oxygen atoms in total. The summed E-state index contributed by atoms with van der Waals surface area (Å²) in [6, 6.07) is 23.9. The molecule has 198 valence electrons. The monoisotopic (exact) mass is 618 g/mol. The summed E-state index contributed by atoms with van der Waals surface area (Å²) in [4.78, 5) is 0. The number of allylic oxidation sites excluding steroid dienone is 4. The van der Waals surface area contributed by atoms with E-state index in [9.17, 15) is 0 Å². The van der Waals surface area contributed by atoms with E-state index in [1.807, 2.05) is 15.4 Å². The van der Waals surface area contributed by atoms with Crippen molar-refractivity contribution < 1.29 is 49.0 Å². The van der Waals surface area contributed by atoms with Crippen LogP contribution in [0.5, 0.6) is 0 Å². The van der Waals surface area contributed by atoms with Crippen LogP contribution in [-0.2, 0) is 24.2 Å². The van der Waals surface area contributed by atoms with Crippen molar-refractivity contribution in [2.75, 3.05) is 0 Å². The molecule has 0 heterocycles. The van der Waals surface area contributed by atoms with Crippen molar-refractivity contribution in [1.82, 2.24) is 0 Å². The first-order valence-corrected chi connectivity index (χ1v) is 15.2. The molecule has 0 aliphatic heterocycles. The predicted octanol–water partition coefficient (Wildman–Crippen LogP) is 4.04. The van der Waals surface area contributed by atoms with E-state index in [4.69, 9.17) is 0 Å². The van der Waals surface area contributed by atoms with Crippen molar-refractivity contribution in [2.24, 2.45) is 11.8 Å². The minimum Gasteiger partial charge on any atom is -0.126 e. The van der Waals surface area contributed by atoms with Crippen molar-refractivity contribution in [1.29, 1.82) is 0 Å². The van der Waals surface area contributed by atoms with Crippen LogP contribution >= 0.6 is 0 Å². The third kappa shape index (κ3) is 8.30. The number of rotatable bonds is 4. The molecular weight excluding hydrogens is 583 g/mol. The Morgan fingerprint density at radius 3 is 1.92 bits per heavy atom. The van der Waals surface area contributed by atoms with E-state index in [-0.39, 0.29) is 24.8 Å². The third-order valence-corrected chi connectivity index (χ3v) is 9.13. The second kappa shape index (κ2) is 16.0. The summed E-state index contributed by atoms with van der Waals surface area (Å²) in [7, 11) is 0. The second-order valence-corrected chi connectivity index (χ2v) is 12.5. The maximum absolute atomic E-state index is 2.99. The molecule has 3 aliphatic rings. The van der Waals surface area contributed by atoms with Crippen molar-refractivity contribution >= 4 is 35.5 Å². The number of halogens is 2. The standard InChI is InChI=1S/C17H11.C13H22.C5H5.2ClH.Zr/c1-3-7-14-12(5-1)9-10-16-15-8-4-2-6-13(15)11-17(14)16;1-2-7-12(6-1)10-5-11-13-8-3-4-9-13;1-2-4-5-3-1;;;/h1-11H;12-13H,1-4,6-11H2;1-3H,4H2;2*1H;/q-1;;-1;;;+2/p-2. The molecule has 2 saturated carbocycles. The van der Waals surface area contributed by atoms with Crippen LogP contribution in [0.25, 0.3) is 32.3 Å². The zero-order chi connectivity index (χ0) is 24.6. The van der Waals surface area contributed by atoms with Crippen molar-refractivity contribution in [3.05, 3.63) is 91.0 Å². The van der Waals surface area contributed by atoms with Crippen LogP contribution in [0.15, 0.2) is 85.0 Å². The first-order valence-electron chi connectivity index (χ1n) is 14.0. The molecule has 0 spiro atoms. The molecule has 0 N–H and O–H groups in total. The van der Waals surface area contributed by atoms with E-state index in [2.05, 4.69) is 78.9 Å². The number of fused-ring (bicyclic) bond motifs is 5. The minimum atomic E-state index is 0. The zero-order valence-corrected chi connectivity index (χ0v) is 26.2. The van der Waals surface area contributed by atoms with Crippen LogP contribution in [-0.4, -0.2) is 3.21 Å². The van der Waals surface area contributed by atoms with Gasteiger partial charge >= 0.3 is 103 Å². The molecule has 7 rings (SSSR count).